The summed E-state index contributed by atoms with van der Waals surface area (Å²) < 4.78 is 0. The largest absolute Gasteiger partial charge is 0.345 e. The Kier molecular flexibility index (Phi) is 3.29. The fraction of sp³-hybridized carbons (Fsp3) is 0.200. The monoisotopic (exact) mass is 250 g/mol. The van der Waals surface area contributed by atoms with E-state index >= 15 is 0 Å². The van der Waals surface area contributed by atoms with Crippen molar-refractivity contribution in [1.29, 1.82) is 0 Å². The molecule has 0 spiro atoms. The molecular weight excluding hydrogens is 240 g/mol. The molecule has 2 N–H and O–H groups in total. The number of hydrogen-bond acceptors (Lipinski definition) is 5. The second kappa shape index (κ2) is 4.88. The molecule has 0 aliphatic carbocycles. The third-order valence-electron chi connectivity index (χ3n) is 2.01. The van der Waals surface area contributed by atoms with Gasteiger partial charge in [-0.1, -0.05) is 0 Å². The van der Waals surface area contributed by atoms with Crippen molar-refractivity contribution in [3.8, 4) is 0 Å². The van der Waals surface area contributed by atoms with Crippen LogP contribution in [0.3, 0.4) is 0 Å². The molecular formula is C10H10N4O2S. The van der Waals surface area contributed by atoms with Crippen LogP contribution in [0.4, 0.5) is 0 Å². The van der Waals surface area contributed by atoms with E-state index in [1.54, 1.807) is 0 Å². The molecule has 0 bridgehead atoms. The lowest BCUT2D eigenvalue weighted by atomic mass is 10.3. The lowest BCUT2D eigenvalue weighted by molar-refractivity contribution is 0.0944. The minimum atomic E-state index is -0.341. The van der Waals surface area contributed by atoms with Gasteiger partial charge in [0.25, 0.3) is 11.5 Å². The van der Waals surface area contributed by atoms with Crippen molar-refractivity contribution in [2.45, 2.75) is 13.5 Å². The van der Waals surface area contributed by atoms with E-state index in [1.807, 2.05) is 12.3 Å². The maximum absolute atomic E-state index is 11.6. The van der Waals surface area contributed by atoms with Crippen LogP contribution in [-0.4, -0.2) is 21.1 Å². The smallest absolute Gasteiger partial charge is 0.272 e. The van der Waals surface area contributed by atoms with Gasteiger partial charge < -0.3 is 5.32 Å². The Morgan fingerprint density at radius 2 is 2.35 bits per heavy atom. The maximum atomic E-state index is 11.6. The topological polar surface area (TPSA) is 87.7 Å². The molecule has 2 aromatic heterocycles. The molecule has 0 saturated heterocycles. The van der Waals surface area contributed by atoms with Gasteiger partial charge in [-0.25, -0.2) is 10.1 Å². The van der Waals surface area contributed by atoms with Crippen molar-refractivity contribution in [1.82, 2.24) is 20.5 Å². The standard InChI is InChI=1S/C10H10N4O2S/c1-6-12-7(5-17-6)4-11-10(16)8-2-3-9(15)14-13-8/h2-3,5H,4H2,1H3,(H,11,16)(H,14,15). The molecule has 2 rings (SSSR count). The second-order valence-electron chi connectivity index (χ2n) is 3.35. The van der Waals surface area contributed by atoms with Crippen molar-refractivity contribution >= 4 is 17.2 Å². The van der Waals surface area contributed by atoms with Crippen molar-refractivity contribution in [2.24, 2.45) is 0 Å². The van der Waals surface area contributed by atoms with Crippen LogP contribution in [0.5, 0.6) is 0 Å². The van der Waals surface area contributed by atoms with E-state index in [0.717, 1.165) is 10.7 Å². The van der Waals surface area contributed by atoms with Crippen molar-refractivity contribution < 1.29 is 4.79 Å². The predicted octanol–water partition coefficient (Wildman–Crippen LogP) is 0.465. The molecule has 0 radical (unpaired) electrons. The van der Waals surface area contributed by atoms with Crippen LogP contribution in [-0.2, 0) is 6.54 Å². The molecule has 0 aliphatic heterocycles. The van der Waals surface area contributed by atoms with Gasteiger partial charge >= 0.3 is 0 Å². The van der Waals surface area contributed by atoms with E-state index in [2.05, 4.69) is 20.5 Å². The Morgan fingerprint density at radius 3 is 2.94 bits per heavy atom. The normalized spacial score (nSPS) is 10.2. The third kappa shape index (κ3) is 2.97. The Bertz CT molecular complexity index is 569. The first-order chi connectivity index (χ1) is 8.15. The molecule has 88 valence electrons. The Morgan fingerprint density at radius 1 is 1.53 bits per heavy atom. The molecule has 7 heteroatoms. The molecule has 6 nitrogen and oxygen atoms in total. The molecule has 2 heterocycles. The summed E-state index contributed by atoms with van der Waals surface area (Å²) in [6.07, 6.45) is 0. The Labute approximate surface area is 101 Å². The SMILES string of the molecule is Cc1nc(CNC(=O)c2ccc(=O)[nH]n2)cs1. The third-order valence-corrected chi connectivity index (χ3v) is 2.83. The number of H-pyrrole nitrogens is 1. The summed E-state index contributed by atoms with van der Waals surface area (Å²) in [5, 5.41) is 11.3. The van der Waals surface area contributed by atoms with E-state index in [4.69, 9.17) is 0 Å². The van der Waals surface area contributed by atoms with E-state index in [-0.39, 0.29) is 17.2 Å². The fourth-order valence-corrected chi connectivity index (χ4v) is 1.83. The molecule has 0 atom stereocenters. The van der Waals surface area contributed by atoms with E-state index in [9.17, 15) is 9.59 Å². The summed E-state index contributed by atoms with van der Waals surface area (Å²) in [5.41, 5.74) is 0.651. The average molecular weight is 250 g/mol. The Hall–Kier alpha value is -2.02. The number of aromatic nitrogens is 3. The summed E-state index contributed by atoms with van der Waals surface area (Å²) in [6.45, 7) is 2.25. The molecule has 0 saturated carbocycles. The van der Waals surface area contributed by atoms with Gasteiger partial charge in [0.1, 0.15) is 5.69 Å². The van der Waals surface area contributed by atoms with Gasteiger partial charge in [0, 0.05) is 11.4 Å². The summed E-state index contributed by atoms with van der Waals surface area (Å²) >= 11 is 1.53. The summed E-state index contributed by atoms with van der Waals surface area (Å²) in [6, 6.07) is 2.63. The first kappa shape index (κ1) is 11.5. The van der Waals surface area contributed by atoms with Crippen LogP contribution in [0.25, 0.3) is 0 Å². The van der Waals surface area contributed by atoms with Crippen LogP contribution in [0.15, 0.2) is 22.3 Å². The number of amides is 1. The van der Waals surface area contributed by atoms with Gasteiger partial charge in [0.2, 0.25) is 0 Å². The van der Waals surface area contributed by atoms with Gasteiger partial charge in [0.05, 0.1) is 17.2 Å². The van der Waals surface area contributed by atoms with Gasteiger partial charge in [-0.05, 0) is 13.0 Å². The summed E-state index contributed by atoms with van der Waals surface area (Å²) in [4.78, 5) is 26.6. The first-order valence-corrected chi connectivity index (χ1v) is 5.78. The highest BCUT2D eigenvalue weighted by Crippen LogP contribution is 2.07. The zero-order valence-corrected chi connectivity index (χ0v) is 9.87. The highest BCUT2D eigenvalue weighted by atomic mass is 32.1. The number of thiazole rings is 1. The van der Waals surface area contributed by atoms with Crippen LogP contribution in [0.2, 0.25) is 0 Å². The zero-order valence-electron chi connectivity index (χ0n) is 9.06. The quantitative estimate of drug-likeness (QED) is 0.828. The molecule has 0 aliphatic rings. The fourth-order valence-electron chi connectivity index (χ4n) is 1.22. The molecule has 17 heavy (non-hydrogen) atoms. The highest BCUT2D eigenvalue weighted by molar-refractivity contribution is 7.09. The number of aromatic amines is 1. The lowest BCUT2D eigenvalue weighted by Gasteiger charge is -2.01. The maximum Gasteiger partial charge on any atom is 0.272 e. The second-order valence-corrected chi connectivity index (χ2v) is 4.41. The van der Waals surface area contributed by atoms with Gasteiger partial charge in [-0.3, -0.25) is 9.59 Å². The number of hydrogen-bond donors (Lipinski definition) is 2. The van der Waals surface area contributed by atoms with Crippen LogP contribution >= 0.6 is 11.3 Å². The van der Waals surface area contributed by atoms with E-state index in [1.165, 1.54) is 23.5 Å². The number of nitrogens with one attached hydrogen (secondary N) is 2. The summed E-state index contributed by atoms with van der Waals surface area (Å²) in [7, 11) is 0. The van der Waals surface area contributed by atoms with E-state index < -0.39 is 0 Å². The molecule has 2 aromatic rings. The first-order valence-electron chi connectivity index (χ1n) is 4.90. The van der Waals surface area contributed by atoms with Gasteiger partial charge in [0.15, 0.2) is 0 Å². The average Bonchev–Trinajstić information content (AvgIpc) is 2.73. The van der Waals surface area contributed by atoms with Gasteiger partial charge in [-0.15, -0.1) is 11.3 Å². The number of nitrogens with zero attached hydrogens (tertiary/aromatic N) is 2. The number of carbonyl (C=O) groups excluding carboxylic acids is 1. The number of rotatable bonds is 3. The van der Waals surface area contributed by atoms with Crippen LogP contribution < -0.4 is 10.9 Å². The molecule has 0 aromatic carbocycles. The number of aryl methyl sites for hydroxylation is 1. The Balaban J connectivity index is 1.98. The predicted molar refractivity (Wildman–Crippen MR) is 62.9 cm³/mol. The minimum Gasteiger partial charge on any atom is -0.345 e. The van der Waals surface area contributed by atoms with Crippen molar-refractivity contribution in [3.63, 3.8) is 0 Å². The van der Waals surface area contributed by atoms with Crippen LogP contribution in [0.1, 0.15) is 21.2 Å². The summed E-state index contributed by atoms with van der Waals surface area (Å²) in [5.74, 6) is -0.341. The number of carbonyl (C=O) groups is 1. The lowest BCUT2D eigenvalue weighted by Crippen LogP contribution is -2.25. The molecule has 1 amide bonds. The molecule has 0 unspecified atom stereocenters. The highest BCUT2D eigenvalue weighted by Gasteiger charge is 2.07. The van der Waals surface area contributed by atoms with Crippen molar-refractivity contribution in [3.05, 3.63) is 44.3 Å². The van der Waals surface area contributed by atoms with Gasteiger partial charge in [-0.2, -0.15) is 5.10 Å². The van der Waals surface area contributed by atoms with Crippen molar-refractivity contribution in [2.75, 3.05) is 0 Å². The zero-order chi connectivity index (χ0) is 12.3. The van der Waals surface area contributed by atoms with E-state index in [0.29, 0.717) is 6.54 Å². The molecule has 0 fully saturated rings. The van der Waals surface area contributed by atoms with Crippen LogP contribution in [0, 0.1) is 6.92 Å². The minimum absolute atomic E-state index is 0.177.